The molecule has 0 unspecified atom stereocenters. The summed E-state index contributed by atoms with van der Waals surface area (Å²) in [5.41, 5.74) is 5.21. The largest absolute Gasteiger partial charge is 0.377 e. The third-order valence-electron chi connectivity index (χ3n) is 3.39. The molecule has 3 rings (SSSR count). The van der Waals surface area contributed by atoms with Crippen LogP contribution in [-0.2, 0) is 11.3 Å². The first-order valence-electron chi connectivity index (χ1n) is 7.41. The van der Waals surface area contributed by atoms with Crippen molar-refractivity contribution in [2.75, 3.05) is 6.61 Å². The lowest BCUT2D eigenvalue weighted by Crippen LogP contribution is -1.95. The molecule has 0 fully saturated rings. The molecule has 0 saturated heterocycles. The molecule has 3 heteroatoms. The number of nitrogens with zero attached hydrogens (tertiary/aromatic N) is 2. The summed E-state index contributed by atoms with van der Waals surface area (Å²) in [7, 11) is 0. The Morgan fingerprint density at radius 1 is 0.818 bits per heavy atom. The van der Waals surface area contributed by atoms with E-state index in [4.69, 9.17) is 4.74 Å². The van der Waals surface area contributed by atoms with Crippen molar-refractivity contribution in [2.24, 2.45) is 0 Å². The third-order valence-corrected chi connectivity index (χ3v) is 3.39. The minimum Gasteiger partial charge on any atom is -0.377 e. The predicted octanol–water partition coefficient (Wildman–Crippen LogP) is 4.35. The van der Waals surface area contributed by atoms with Gasteiger partial charge in [-0.05, 0) is 55.0 Å². The van der Waals surface area contributed by atoms with Gasteiger partial charge in [-0.2, -0.15) is 0 Å². The van der Waals surface area contributed by atoms with Crippen LogP contribution >= 0.6 is 0 Å². The minimum absolute atomic E-state index is 0.594. The predicted molar refractivity (Wildman–Crippen MR) is 88.2 cm³/mol. The zero-order valence-corrected chi connectivity index (χ0v) is 12.6. The molecule has 0 aliphatic heterocycles. The Morgan fingerprint density at radius 3 is 1.86 bits per heavy atom. The zero-order chi connectivity index (χ0) is 15.2. The molecule has 2 aromatic heterocycles. The monoisotopic (exact) mass is 290 g/mol. The highest BCUT2D eigenvalue weighted by Crippen LogP contribution is 2.26. The van der Waals surface area contributed by atoms with Crippen molar-refractivity contribution < 1.29 is 4.74 Å². The smallest absolute Gasteiger partial charge is 0.0717 e. The quantitative estimate of drug-likeness (QED) is 0.701. The molecule has 0 aliphatic rings. The van der Waals surface area contributed by atoms with Gasteiger partial charge in [0.25, 0.3) is 0 Å². The Hall–Kier alpha value is -2.52. The lowest BCUT2D eigenvalue weighted by Gasteiger charge is -2.10. The highest BCUT2D eigenvalue weighted by Gasteiger charge is 2.07. The van der Waals surface area contributed by atoms with E-state index in [0.29, 0.717) is 13.2 Å². The summed E-state index contributed by atoms with van der Waals surface area (Å²) in [6, 6.07) is 18.3. The van der Waals surface area contributed by atoms with Crippen LogP contribution in [0.5, 0.6) is 0 Å². The summed E-state index contributed by atoms with van der Waals surface area (Å²) in [6.07, 6.45) is 3.62. The first-order valence-corrected chi connectivity index (χ1v) is 7.41. The molecule has 0 N–H and O–H groups in total. The molecule has 0 aliphatic carbocycles. The van der Waals surface area contributed by atoms with E-state index in [1.807, 2.05) is 55.7 Å². The number of aromatic nitrogens is 2. The molecule has 22 heavy (non-hydrogen) atoms. The topological polar surface area (TPSA) is 35.0 Å². The first kappa shape index (κ1) is 14.4. The van der Waals surface area contributed by atoms with Crippen LogP contribution in [0.1, 0.15) is 12.5 Å². The second-order valence-electron chi connectivity index (χ2n) is 4.99. The van der Waals surface area contributed by atoms with Gasteiger partial charge in [0.15, 0.2) is 0 Å². The Kier molecular flexibility index (Phi) is 4.56. The van der Waals surface area contributed by atoms with Crippen LogP contribution in [-0.4, -0.2) is 16.6 Å². The molecule has 0 amide bonds. The second-order valence-corrected chi connectivity index (χ2v) is 4.99. The van der Waals surface area contributed by atoms with Crippen molar-refractivity contribution in [3.05, 3.63) is 72.6 Å². The summed E-state index contributed by atoms with van der Waals surface area (Å²) in [4.78, 5) is 8.89. The van der Waals surface area contributed by atoms with Crippen molar-refractivity contribution in [3.63, 3.8) is 0 Å². The van der Waals surface area contributed by atoms with Crippen LogP contribution in [0.3, 0.4) is 0 Å². The summed E-state index contributed by atoms with van der Waals surface area (Å²) in [5.74, 6) is 0. The van der Waals surface area contributed by atoms with Crippen molar-refractivity contribution in [3.8, 4) is 22.5 Å². The van der Waals surface area contributed by atoms with Crippen LogP contribution in [0.2, 0.25) is 0 Å². The third kappa shape index (κ3) is 3.38. The average molecular weight is 290 g/mol. The van der Waals surface area contributed by atoms with E-state index in [0.717, 1.165) is 28.1 Å². The first-order chi connectivity index (χ1) is 10.9. The van der Waals surface area contributed by atoms with E-state index in [9.17, 15) is 0 Å². The summed E-state index contributed by atoms with van der Waals surface area (Å²) in [5, 5.41) is 0. The van der Waals surface area contributed by atoms with Gasteiger partial charge in [0.2, 0.25) is 0 Å². The number of hydrogen-bond acceptors (Lipinski definition) is 3. The fraction of sp³-hybridized carbons (Fsp3) is 0.158. The molecule has 3 nitrogen and oxygen atoms in total. The number of pyridine rings is 2. The van der Waals surface area contributed by atoms with Crippen molar-refractivity contribution in [2.45, 2.75) is 13.5 Å². The molecule has 0 atom stereocenters. The number of benzene rings is 1. The molecule has 110 valence electrons. The van der Waals surface area contributed by atoms with Crippen LogP contribution in [0.15, 0.2) is 67.0 Å². The van der Waals surface area contributed by atoms with Crippen LogP contribution in [0, 0.1) is 0 Å². The highest BCUT2D eigenvalue weighted by atomic mass is 16.5. The summed E-state index contributed by atoms with van der Waals surface area (Å²) in [6.45, 7) is 3.30. The fourth-order valence-corrected chi connectivity index (χ4v) is 2.36. The number of rotatable bonds is 5. The fourth-order valence-electron chi connectivity index (χ4n) is 2.36. The molecular weight excluding hydrogens is 272 g/mol. The maximum atomic E-state index is 5.56. The van der Waals surface area contributed by atoms with Gasteiger partial charge < -0.3 is 4.74 Å². The maximum absolute atomic E-state index is 5.56. The van der Waals surface area contributed by atoms with Crippen molar-refractivity contribution >= 4 is 0 Å². The van der Waals surface area contributed by atoms with E-state index in [1.165, 1.54) is 0 Å². The van der Waals surface area contributed by atoms with Crippen LogP contribution < -0.4 is 0 Å². The van der Waals surface area contributed by atoms with Gasteiger partial charge in [-0.15, -0.1) is 0 Å². The maximum Gasteiger partial charge on any atom is 0.0717 e. The average Bonchev–Trinajstić information content (AvgIpc) is 2.61. The lowest BCUT2D eigenvalue weighted by atomic mass is 10.0. The van der Waals surface area contributed by atoms with E-state index >= 15 is 0 Å². The van der Waals surface area contributed by atoms with Crippen molar-refractivity contribution in [1.29, 1.82) is 0 Å². The molecule has 0 bridgehead atoms. The molecular formula is C19H18N2O. The van der Waals surface area contributed by atoms with E-state index in [1.54, 1.807) is 0 Å². The Morgan fingerprint density at radius 2 is 1.41 bits per heavy atom. The van der Waals surface area contributed by atoms with Gasteiger partial charge >= 0.3 is 0 Å². The molecule has 2 heterocycles. The van der Waals surface area contributed by atoms with Gasteiger partial charge in [0.1, 0.15) is 0 Å². The molecule has 0 radical (unpaired) electrons. The Balaban J connectivity index is 2.06. The summed E-state index contributed by atoms with van der Waals surface area (Å²) < 4.78 is 5.56. The normalized spacial score (nSPS) is 10.6. The molecule has 0 saturated carbocycles. The second kappa shape index (κ2) is 6.96. The van der Waals surface area contributed by atoms with Gasteiger partial charge in [-0.3, -0.25) is 9.97 Å². The van der Waals surface area contributed by atoms with E-state index in [-0.39, 0.29) is 0 Å². The number of hydrogen-bond donors (Lipinski definition) is 0. The highest BCUT2D eigenvalue weighted by molar-refractivity contribution is 5.70. The van der Waals surface area contributed by atoms with Gasteiger partial charge in [-0.1, -0.05) is 12.1 Å². The molecule has 1 aromatic carbocycles. The lowest BCUT2D eigenvalue weighted by molar-refractivity contribution is 0.134. The van der Waals surface area contributed by atoms with Crippen LogP contribution in [0.4, 0.5) is 0 Å². The SMILES string of the molecule is CCOCc1cc(-c2ccccn2)cc(-c2ccccn2)c1. The standard InChI is InChI=1S/C19H18N2O/c1-2-22-14-15-11-16(18-7-3-5-9-20-18)13-17(12-15)19-8-4-6-10-21-19/h3-13H,2,14H2,1H3. The van der Waals surface area contributed by atoms with Crippen LogP contribution in [0.25, 0.3) is 22.5 Å². The number of ether oxygens (including phenoxy) is 1. The zero-order valence-electron chi connectivity index (χ0n) is 12.6. The minimum atomic E-state index is 0.594. The molecule has 3 aromatic rings. The van der Waals surface area contributed by atoms with Crippen molar-refractivity contribution in [1.82, 2.24) is 9.97 Å². The Labute approximate surface area is 130 Å². The van der Waals surface area contributed by atoms with Gasteiger partial charge in [0, 0.05) is 30.1 Å². The Bertz CT molecular complexity index is 669. The van der Waals surface area contributed by atoms with E-state index < -0.39 is 0 Å². The van der Waals surface area contributed by atoms with Gasteiger partial charge in [0.05, 0.1) is 18.0 Å². The van der Waals surface area contributed by atoms with E-state index in [2.05, 4.69) is 28.2 Å². The van der Waals surface area contributed by atoms with Gasteiger partial charge in [-0.25, -0.2) is 0 Å². The molecule has 0 spiro atoms. The summed E-state index contributed by atoms with van der Waals surface area (Å²) >= 11 is 0.